The SMILES string of the molecule is CCOC(=O)[C@H]1CCCN(c2ccc(NS(=O)(=O)c3ccc(OCC)cc3)cc2C(=O)O)C1. The fourth-order valence-electron chi connectivity index (χ4n) is 3.79. The number of carbonyl (C=O) groups is 2. The molecule has 0 saturated carbocycles. The summed E-state index contributed by atoms with van der Waals surface area (Å²) in [5.41, 5.74) is 0.510. The van der Waals surface area contributed by atoms with E-state index in [1.165, 1.54) is 24.3 Å². The summed E-state index contributed by atoms with van der Waals surface area (Å²) in [5.74, 6) is -1.26. The highest BCUT2D eigenvalue weighted by Crippen LogP contribution is 2.30. The molecule has 0 aromatic heterocycles. The predicted molar refractivity (Wildman–Crippen MR) is 123 cm³/mol. The number of ether oxygens (including phenoxy) is 2. The molecule has 178 valence electrons. The van der Waals surface area contributed by atoms with Crippen molar-refractivity contribution in [1.82, 2.24) is 0 Å². The van der Waals surface area contributed by atoms with Crippen LogP contribution in [0.5, 0.6) is 5.75 Å². The Bertz CT molecular complexity index is 1100. The molecule has 2 aromatic rings. The van der Waals surface area contributed by atoms with Crippen LogP contribution in [-0.4, -0.2) is 51.8 Å². The van der Waals surface area contributed by atoms with Crippen LogP contribution >= 0.6 is 0 Å². The van der Waals surface area contributed by atoms with Crippen LogP contribution < -0.4 is 14.4 Å². The third kappa shape index (κ3) is 5.95. The van der Waals surface area contributed by atoms with Crippen molar-refractivity contribution in [3.8, 4) is 5.75 Å². The molecule has 10 heteroatoms. The first kappa shape index (κ1) is 24.4. The lowest BCUT2D eigenvalue weighted by Gasteiger charge is -2.34. The molecule has 0 bridgehead atoms. The van der Waals surface area contributed by atoms with E-state index in [0.29, 0.717) is 50.6 Å². The van der Waals surface area contributed by atoms with Crippen molar-refractivity contribution in [2.24, 2.45) is 5.92 Å². The second-order valence-electron chi connectivity index (χ2n) is 7.58. The van der Waals surface area contributed by atoms with Crippen molar-refractivity contribution in [2.45, 2.75) is 31.6 Å². The Kier molecular flexibility index (Phi) is 7.80. The van der Waals surface area contributed by atoms with Crippen LogP contribution in [0, 0.1) is 5.92 Å². The number of carboxylic acids is 1. The van der Waals surface area contributed by atoms with Gasteiger partial charge in [-0.05, 0) is 69.2 Å². The number of carboxylic acid groups (broad SMARTS) is 1. The monoisotopic (exact) mass is 476 g/mol. The average molecular weight is 477 g/mol. The average Bonchev–Trinajstić information content (AvgIpc) is 2.79. The Labute approximate surface area is 193 Å². The van der Waals surface area contributed by atoms with Gasteiger partial charge in [-0.15, -0.1) is 0 Å². The van der Waals surface area contributed by atoms with Crippen molar-refractivity contribution in [3.63, 3.8) is 0 Å². The number of benzene rings is 2. The van der Waals surface area contributed by atoms with E-state index in [0.717, 1.165) is 0 Å². The molecule has 2 aromatic carbocycles. The largest absolute Gasteiger partial charge is 0.494 e. The minimum absolute atomic E-state index is 0.0280. The molecule has 1 aliphatic heterocycles. The molecule has 1 saturated heterocycles. The van der Waals surface area contributed by atoms with Gasteiger partial charge >= 0.3 is 11.9 Å². The summed E-state index contributed by atoms with van der Waals surface area (Å²) in [6.07, 6.45) is 1.40. The Morgan fingerprint density at radius 1 is 1.12 bits per heavy atom. The van der Waals surface area contributed by atoms with Crippen LogP contribution in [0.15, 0.2) is 47.4 Å². The van der Waals surface area contributed by atoms with Gasteiger partial charge in [0.2, 0.25) is 0 Å². The highest BCUT2D eigenvalue weighted by Gasteiger charge is 2.29. The van der Waals surface area contributed by atoms with E-state index in [4.69, 9.17) is 9.47 Å². The molecule has 3 rings (SSSR count). The molecule has 0 aliphatic carbocycles. The zero-order valence-electron chi connectivity index (χ0n) is 18.6. The normalized spacial score (nSPS) is 16.2. The maximum Gasteiger partial charge on any atom is 0.337 e. The molecule has 0 spiro atoms. The van der Waals surface area contributed by atoms with Crippen LogP contribution in [-0.2, 0) is 19.6 Å². The third-order valence-electron chi connectivity index (χ3n) is 5.31. The molecule has 1 heterocycles. The van der Waals surface area contributed by atoms with E-state index >= 15 is 0 Å². The zero-order valence-corrected chi connectivity index (χ0v) is 19.4. The topological polar surface area (TPSA) is 122 Å². The van der Waals surface area contributed by atoms with Gasteiger partial charge in [0.15, 0.2) is 0 Å². The fourth-order valence-corrected chi connectivity index (χ4v) is 4.84. The molecule has 0 unspecified atom stereocenters. The lowest BCUT2D eigenvalue weighted by molar-refractivity contribution is -0.148. The van der Waals surface area contributed by atoms with Gasteiger partial charge in [0, 0.05) is 18.8 Å². The first-order valence-corrected chi connectivity index (χ1v) is 12.3. The molecule has 0 radical (unpaired) electrons. The molecule has 0 amide bonds. The van der Waals surface area contributed by atoms with E-state index < -0.39 is 16.0 Å². The number of nitrogens with one attached hydrogen (secondary N) is 1. The number of carbonyl (C=O) groups excluding carboxylic acids is 1. The number of nitrogens with zero attached hydrogens (tertiary/aromatic N) is 1. The second-order valence-corrected chi connectivity index (χ2v) is 9.27. The summed E-state index contributed by atoms with van der Waals surface area (Å²) in [6.45, 7) is 5.26. The predicted octanol–water partition coefficient (Wildman–Crippen LogP) is 3.36. The number of rotatable bonds is 9. The quantitative estimate of drug-likeness (QED) is 0.528. The smallest absolute Gasteiger partial charge is 0.337 e. The van der Waals surface area contributed by atoms with Gasteiger partial charge in [0.25, 0.3) is 10.0 Å². The van der Waals surface area contributed by atoms with Crippen molar-refractivity contribution >= 4 is 33.3 Å². The van der Waals surface area contributed by atoms with Crippen LogP contribution in [0.2, 0.25) is 0 Å². The van der Waals surface area contributed by atoms with Gasteiger partial charge in [0.1, 0.15) is 5.75 Å². The maximum absolute atomic E-state index is 12.8. The summed E-state index contributed by atoms with van der Waals surface area (Å²) in [7, 11) is -3.92. The van der Waals surface area contributed by atoms with Crippen molar-refractivity contribution in [3.05, 3.63) is 48.0 Å². The Morgan fingerprint density at radius 3 is 2.48 bits per heavy atom. The summed E-state index contributed by atoms with van der Waals surface area (Å²) in [4.78, 5) is 26.0. The maximum atomic E-state index is 12.8. The molecule has 1 aliphatic rings. The summed E-state index contributed by atoms with van der Waals surface area (Å²) in [6, 6.07) is 10.3. The number of aromatic carboxylic acids is 1. The number of sulfonamides is 1. The summed E-state index contributed by atoms with van der Waals surface area (Å²) >= 11 is 0. The molecule has 1 atom stereocenters. The first-order valence-electron chi connectivity index (χ1n) is 10.8. The van der Waals surface area contributed by atoms with Gasteiger partial charge < -0.3 is 19.5 Å². The van der Waals surface area contributed by atoms with Gasteiger partial charge in [0.05, 0.1) is 35.3 Å². The number of hydrogen-bond donors (Lipinski definition) is 2. The van der Waals surface area contributed by atoms with Crippen LogP contribution in [0.1, 0.15) is 37.0 Å². The lowest BCUT2D eigenvalue weighted by atomic mass is 9.97. The standard InChI is InChI=1S/C23H28N2O7S/c1-3-31-18-8-10-19(11-9-18)33(29,30)24-17-7-12-21(20(14-17)22(26)27)25-13-5-6-16(15-25)23(28)32-4-2/h7-12,14,16,24H,3-6,13,15H2,1-2H3,(H,26,27)/t16-/m0/s1. The minimum atomic E-state index is -3.92. The van der Waals surface area contributed by atoms with Crippen LogP contribution in [0.25, 0.3) is 0 Å². The highest BCUT2D eigenvalue weighted by molar-refractivity contribution is 7.92. The minimum Gasteiger partial charge on any atom is -0.494 e. The number of anilines is 2. The molecular formula is C23H28N2O7S. The van der Waals surface area contributed by atoms with E-state index in [2.05, 4.69) is 4.72 Å². The van der Waals surface area contributed by atoms with Gasteiger partial charge in [-0.1, -0.05) is 0 Å². The Morgan fingerprint density at radius 2 is 1.85 bits per heavy atom. The van der Waals surface area contributed by atoms with Crippen LogP contribution in [0.3, 0.4) is 0 Å². The van der Waals surface area contributed by atoms with Crippen LogP contribution in [0.4, 0.5) is 11.4 Å². The van der Waals surface area contributed by atoms with E-state index in [9.17, 15) is 23.1 Å². The van der Waals surface area contributed by atoms with Crippen molar-refractivity contribution in [2.75, 3.05) is 35.9 Å². The van der Waals surface area contributed by atoms with E-state index in [1.807, 2.05) is 11.8 Å². The highest BCUT2D eigenvalue weighted by atomic mass is 32.2. The molecule has 1 fully saturated rings. The molecule has 9 nitrogen and oxygen atoms in total. The molecular weight excluding hydrogens is 448 g/mol. The zero-order chi connectivity index (χ0) is 24.0. The van der Waals surface area contributed by atoms with Crippen molar-refractivity contribution in [1.29, 1.82) is 0 Å². The Balaban J connectivity index is 1.82. The number of hydrogen-bond acceptors (Lipinski definition) is 7. The fraction of sp³-hybridized carbons (Fsp3) is 0.391. The molecule has 2 N–H and O–H groups in total. The van der Waals surface area contributed by atoms with Crippen molar-refractivity contribution < 1.29 is 32.6 Å². The van der Waals surface area contributed by atoms with Gasteiger partial charge in [-0.25, -0.2) is 13.2 Å². The van der Waals surface area contributed by atoms with Gasteiger partial charge in [-0.3, -0.25) is 9.52 Å². The van der Waals surface area contributed by atoms with E-state index in [1.54, 1.807) is 25.1 Å². The summed E-state index contributed by atoms with van der Waals surface area (Å²) in [5, 5.41) is 9.77. The Hall–Kier alpha value is -3.27. The van der Waals surface area contributed by atoms with E-state index in [-0.39, 0.29) is 28.0 Å². The first-order chi connectivity index (χ1) is 15.7. The lowest BCUT2D eigenvalue weighted by Crippen LogP contribution is -2.40. The number of esters is 1. The third-order valence-corrected chi connectivity index (χ3v) is 6.70. The second kappa shape index (κ2) is 10.6. The number of piperidine rings is 1. The summed E-state index contributed by atoms with van der Waals surface area (Å²) < 4.78 is 38.4. The van der Waals surface area contributed by atoms with Gasteiger partial charge in [-0.2, -0.15) is 0 Å². The molecule has 33 heavy (non-hydrogen) atoms.